The fourth-order valence-electron chi connectivity index (χ4n) is 12.2. The molecule has 10 rings (SSSR count). The molecule has 2 aromatic carbocycles. The summed E-state index contributed by atoms with van der Waals surface area (Å²) in [6, 6.07) is 3.21. The van der Waals surface area contributed by atoms with Crippen molar-refractivity contribution in [1.82, 2.24) is 9.80 Å². The number of nitrogens with zero attached hydrogens (tertiary/aromatic N) is 2. The largest absolute Gasteiger partial charge is 0.504 e. The van der Waals surface area contributed by atoms with E-state index in [0.29, 0.717) is 87.0 Å². The van der Waals surface area contributed by atoms with Crippen molar-refractivity contribution in [2.45, 2.75) is 97.7 Å². The van der Waals surface area contributed by atoms with Crippen LogP contribution >= 0.6 is 0 Å². The van der Waals surface area contributed by atoms with Crippen LogP contribution in [0.1, 0.15) is 60.8 Å². The lowest BCUT2D eigenvalue weighted by atomic mass is 9.48. The van der Waals surface area contributed by atoms with Crippen LogP contribution in [0.3, 0.4) is 0 Å². The van der Waals surface area contributed by atoms with Crippen LogP contribution in [0, 0.1) is 0 Å². The highest BCUT2D eigenvalue weighted by Crippen LogP contribution is 2.69. The zero-order chi connectivity index (χ0) is 33.1. The van der Waals surface area contributed by atoms with E-state index in [1.54, 1.807) is 0 Å². The summed E-state index contributed by atoms with van der Waals surface area (Å²) in [6.45, 7) is 10.4. The first-order valence-electron chi connectivity index (χ1n) is 17.4. The third-order valence-corrected chi connectivity index (χ3v) is 14.0. The molecule has 8 atom stereocenters. The number of benzene rings is 2. The number of Topliss-reactive ketones (excluding diaryl/α,β-unsaturated/α-hetero) is 2. The third-order valence-electron chi connectivity index (χ3n) is 14.0. The van der Waals surface area contributed by atoms with Crippen molar-refractivity contribution in [1.29, 1.82) is 0 Å². The average molecular weight is 653 g/mol. The lowest BCUT2D eigenvalue weighted by Crippen LogP contribution is -2.76. The van der Waals surface area contributed by atoms with Gasteiger partial charge in [-0.3, -0.25) is 19.4 Å². The molecule has 4 aliphatic carbocycles. The molecule has 48 heavy (non-hydrogen) atoms. The van der Waals surface area contributed by atoms with Gasteiger partial charge in [0.15, 0.2) is 46.8 Å². The lowest BCUT2D eigenvalue weighted by molar-refractivity contribution is -0.187. The molecular formula is C38H40N2O8. The second-order valence-corrected chi connectivity index (χ2v) is 15.5. The van der Waals surface area contributed by atoms with Gasteiger partial charge in [-0.2, -0.15) is 0 Å². The number of hydrogen-bond acceptors (Lipinski definition) is 10. The van der Waals surface area contributed by atoms with Gasteiger partial charge in [0.2, 0.25) is 0 Å². The van der Waals surface area contributed by atoms with Crippen LogP contribution in [0.15, 0.2) is 37.4 Å². The number of aromatic hydroxyl groups is 2. The van der Waals surface area contributed by atoms with Crippen molar-refractivity contribution in [2.24, 2.45) is 0 Å². The standard InChI is InChI=1S/C38H40N2O8/c1-3-11-39-13-9-35-27-19-15-21(29(43)31(27)47-33(35)23(41)5-7-37(35,45)25(39)17-19)22-16-20-18-26-38(46)8-6-24(42)34-36(38,10-14-40(26)12-4-2)28(20)32(48-34)30(22)44/h3-4,15-16,25-26,33-34,43-46H,1-2,5-14,17-18H2/t25?,26?,33-,34-,35+,36+,37?,38?/m1/s1. The Kier molecular flexibility index (Phi) is 5.54. The summed E-state index contributed by atoms with van der Waals surface area (Å²) in [4.78, 5) is 31.4. The minimum Gasteiger partial charge on any atom is -0.504 e. The highest BCUT2D eigenvalue weighted by Gasteiger charge is 2.75. The van der Waals surface area contributed by atoms with E-state index in [1.807, 2.05) is 24.3 Å². The first kappa shape index (κ1) is 29.2. The highest BCUT2D eigenvalue weighted by molar-refractivity contribution is 5.94. The summed E-state index contributed by atoms with van der Waals surface area (Å²) in [6.07, 6.45) is 4.89. The summed E-state index contributed by atoms with van der Waals surface area (Å²) in [5.74, 6) is -0.115. The van der Waals surface area contributed by atoms with Crippen molar-refractivity contribution < 1.29 is 39.5 Å². The predicted molar refractivity (Wildman–Crippen MR) is 174 cm³/mol. The van der Waals surface area contributed by atoms with Gasteiger partial charge in [-0.25, -0.2) is 0 Å². The van der Waals surface area contributed by atoms with Crippen LogP contribution in [0.4, 0.5) is 0 Å². The van der Waals surface area contributed by atoms with E-state index in [4.69, 9.17) is 9.47 Å². The SMILES string of the molecule is C=CCN1CC[C@]23c4c5cc(-c6cc7c8c(c6O)O[C@@H]6C(=O)CCC9(O)C(C7)N(CC=C)CC[C@]869)c(O)c4O[C@@H]2C(=O)CCC3(O)C1C5. The first-order chi connectivity index (χ1) is 23.1. The van der Waals surface area contributed by atoms with E-state index in [-0.39, 0.29) is 59.5 Å². The molecule has 0 aromatic heterocycles. The van der Waals surface area contributed by atoms with E-state index < -0.39 is 34.2 Å². The van der Waals surface area contributed by atoms with Crippen LogP contribution in [0.25, 0.3) is 11.1 Å². The van der Waals surface area contributed by atoms with E-state index in [2.05, 4.69) is 23.0 Å². The second kappa shape index (κ2) is 9.09. The van der Waals surface area contributed by atoms with Gasteiger partial charge in [0.05, 0.1) is 22.0 Å². The fourth-order valence-corrected chi connectivity index (χ4v) is 12.2. The van der Waals surface area contributed by atoms with E-state index in [0.717, 1.165) is 11.1 Å². The number of ether oxygens (including phenoxy) is 2. The molecule has 250 valence electrons. The predicted octanol–water partition coefficient (Wildman–Crippen LogP) is 2.58. The minimum atomic E-state index is -1.21. The fraction of sp³-hybridized carbons (Fsp3) is 0.526. The van der Waals surface area contributed by atoms with Gasteiger partial charge in [0.1, 0.15) is 0 Å². The summed E-state index contributed by atoms with van der Waals surface area (Å²) < 4.78 is 12.9. The molecule has 2 saturated carbocycles. The normalized spacial score (nSPS) is 39.7. The highest BCUT2D eigenvalue weighted by atomic mass is 16.5. The Balaban J connectivity index is 1.19. The maximum absolute atomic E-state index is 13.5. The number of phenolic OH excluding ortho intramolecular Hbond substituents is 2. The van der Waals surface area contributed by atoms with E-state index >= 15 is 0 Å². The first-order valence-corrected chi connectivity index (χ1v) is 17.4. The molecule has 10 nitrogen and oxygen atoms in total. The number of likely N-dealkylation sites (tertiary alicyclic amines) is 2. The Morgan fingerprint density at radius 2 is 1.15 bits per heavy atom. The van der Waals surface area contributed by atoms with Crippen LogP contribution in [0.5, 0.6) is 23.0 Å². The topological polar surface area (TPSA) is 140 Å². The van der Waals surface area contributed by atoms with Gasteiger partial charge in [-0.05, 0) is 61.8 Å². The molecule has 8 aliphatic rings. The molecule has 4 fully saturated rings. The van der Waals surface area contributed by atoms with Crippen molar-refractivity contribution in [2.75, 3.05) is 26.2 Å². The minimum absolute atomic E-state index is 0.0755. The van der Waals surface area contributed by atoms with Gasteiger partial charge >= 0.3 is 0 Å². The Bertz CT molecular complexity index is 1770. The Morgan fingerprint density at radius 3 is 1.54 bits per heavy atom. The van der Waals surface area contributed by atoms with Gasteiger partial charge < -0.3 is 29.9 Å². The van der Waals surface area contributed by atoms with Crippen molar-refractivity contribution in [3.05, 3.63) is 59.7 Å². The number of phenols is 2. The Morgan fingerprint density at radius 1 is 0.729 bits per heavy atom. The molecular weight excluding hydrogens is 612 g/mol. The maximum atomic E-state index is 13.5. The molecule has 0 radical (unpaired) electrons. The van der Waals surface area contributed by atoms with Gasteiger partial charge in [0, 0.05) is 73.4 Å². The number of rotatable bonds is 5. The average Bonchev–Trinajstić information content (AvgIpc) is 3.61. The molecule has 4 bridgehead atoms. The monoisotopic (exact) mass is 652 g/mol. The van der Waals surface area contributed by atoms with Crippen molar-refractivity contribution in [3.8, 4) is 34.1 Å². The van der Waals surface area contributed by atoms with Crippen molar-refractivity contribution >= 4 is 11.6 Å². The third kappa shape index (κ3) is 2.95. The number of carbonyl (C=O) groups excluding carboxylic acids is 2. The summed E-state index contributed by atoms with van der Waals surface area (Å²) >= 11 is 0. The summed E-state index contributed by atoms with van der Waals surface area (Å²) in [7, 11) is 0. The molecule has 4 unspecified atom stereocenters. The summed E-state index contributed by atoms with van der Waals surface area (Å²) in [5.41, 5.74) is -0.483. The molecule has 10 heteroatoms. The number of aliphatic hydroxyl groups is 2. The van der Waals surface area contributed by atoms with Crippen molar-refractivity contribution in [3.63, 3.8) is 0 Å². The zero-order valence-electron chi connectivity index (χ0n) is 26.8. The molecule has 0 amide bonds. The molecule has 4 aliphatic heterocycles. The lowest BCUT2D eigenvalue weighted by Gasteiger charge is -2.62. The van der Waals surface area contributed by atoms with E-state index in [9.17, 15) is 30.0 Å². The van der Waals surface area contributed by atoms with Crippen LogP contribution in [-0.4, -0.2) is 103 Å². The maximum Gasteiger partial charge on any atom is 0.174 e. The Labute approximate surface area is 278 Å². The van der Waals surface area contributed by atoms with Crippen LogP contribution in [0.2, 0.25) is 0 Å². The van der Waals surface area contributed by atoms with Crippen LogP contribution < -0.4 is 9.47 Å². The van der Waals surface area contributed by atoms with E-state index in [1.165, 1.54) is 0 Å². The van der Waals surface area contributed by atoms with Gasteiger partial charge in [-0.15, -0.1) is 13.2 Å². The quantitative estimate of drug-likeness (QED) is 0.357. The molecule has 2 spiro atoms. The summed E-state index contributed by atoms with van der Waals surface area (Å²) in [5, 5.41) is 49.1. The molecule has 2 saturated heterocycles. The van der Waals surface area contributed by atoms with Crippen LogP contribution in [-0.2, 0) is 33.3 Å². The number of carbonyl (C=O) groups is 2. The van der Waals surface area contributed by atoms with Gasteiger partial charge in [0.25, 0.3) is 0 Å². The number of piperidine rings is 2. The van der Waals surface area contributed by atoms with Gasteiger partial charge in [-0.1, -0.05) is 12.2 Å². The molecule has 4 heterocycles. The molecule has 4 N–H and O–H groups in total. The number of hydrogen-bond donors (Lipinski definition) is 4. The zero-order valence-corrected chi connectivity index (χ0v) is 26.8. The molecule has 2 aromatic rings. The smallest absolute Gasteiger partial charge is 0.174 e. The second-order valence-electron chi connectivity index (χ2n) is 15.5. The Hall–Kier alpha value is -3.70. The number of ketones is 2.